The number of benzene rings is 8. The number of rotatable bonds is 5. The Bertz CT molecular complexity index is 2750. The number of aromatic nitrogens is 3. The lowest BCUT2D eigenvalue weighted by Crippen LogP contribution is -1.97. The molecule has 2 aromatic heterocycles. The summed E-state index contributed by atoms with van der Waals surface area (Å²) in [5.41, 5.74) is 12.8. The van der Waals surface area contributed by atoms with Crippen molar-refractivity contribution in [3.63, 3.8) is 0 Å². The smallest absolute Gasteiger partial charge is 0.145 e. The van der Waals surface area contributed by atoms with E-state index in [1.165, 1.54) is 60.5 Å². The van der Waals surface area contributed by atoms with Gasteiger partial charge in [-0.1, -0.05) is 121 Å². The molecule has 3 heteroatoms. The van der Waals surface area contributed by atoms with Gasteiger partial charge >= 0.3 is 0 Å². The molecule has 0 atom stereocenters. The molecule has 0 aliphatic heterocycles. The molecular formula is C45H29N3. The van der Waals surface area contributed by atoms with Gasteiger partial charge in [-0.3, -0.25) is 4.57 Å². The van der Waals surface area contributed by atoms with Gasteiger partial charge in [0.1, 0.15) is 5.82 Å². The molecule has 0 unspecified atom stereocenters. The number of fused-ring (bicyclic) bond motifs is 1. The zero-order valence-corrected chi connectivity index (χ0v) is 26.1. The summed E-state index contributed by atoms with van der Waals surface area (Å²) in [6.07, 6.45) is 0. The van der Waals surface area contributed by atoms with Gasteiger partial charge in [0, 0.05) is 27.7 Å². The van der Waals surface area contributed by atoms with Crippen molar-refractivity contribution in [1.29, 1.82) is 0 Å². The Morgan fingerprint density at radius 2 is 1.04 bits per heavy atom. The first-order valence-electron chi connectivity index (χ1n) is 16.4. The van der Waals surface area contributed by atoms with Gasteiger partial charge in [0.05, 0.1) is 22.1 Å². The van der Waals surface area contributed by atoms with Crippen LogP contribution in [0.2, 0.25) is 0 Å². The Kier molecular flexibility index (Phi) is 5.87. The van der Waals surface area contributed by atoms with Crippen LogP contribution in [0.5, 0.6) is 0 Å². The minimum Gasteiger partial charge on any atom is -0.309 e. The van der Waals surface area contributed by atoms with Crippen LogP contribution in [0, 0.1) is 0 Å². The molecule has 0 bridgehead atoms. The largest absolute Gasteiger partial charge is 0.309 e. The monoisotopic (exact) mass is 611 g/mol. The van der Waals surface area contributed by atoms with Crippen LogP contribution in [0.3, 0.4) is 0 Å². The maximum absolute atomic E-state index is 5.02. The van der Waals surface area contributed by atoms with E-state index < -0.39 is 0 Å². The quantitative estimate of drug-likeness (QED) is 0.178. The van der Waals surface area contributed by atoms with Gasteiger partial charge < -0.3 is 4.57 Å². The molecule has 0 amide bonds. The van der Waals surface area contributed by atoms with E-state index in [-0.39, 0.29) is 0 Å². The van der Waals surface area contributed by atoms with Crippen molar-refractivity contribution in [2.24, 2.45) is 0 Å². The zero-order chi connectivity index (χ0) is 31.6. The van der Waals surface area contributed by atoms with E-state index in [0.29, 0.717) is 0 Å². The summed E-state index contributed by atoms with van der Waals surface area (Å²) < 4.78 is 4.66. The molecule has 48 heavy (non-hydrogen) atoms. The molecular weight excluding hydrogens is 583 g/mol. The predicted molar refractivity (Wildman–Crippen MR) is 200 cm³/mol. The van der Waals surface area contributed by atoms with E-state index in [9.17, 15) is 0 Å². The van der Waals surface area contributed by atoms with E-state index in [2.05, 4.69) is 173 Å². The van der Waals surface area contributed by atoms with Gasteiger partial charge in [0.2, 0.25) is 0 Å². The van der Waals surface area contributed by atoms with Crippen LogP contribution in [0.1, 0.15) is 0 Å². The van der Waals surface area contributed by atoms with Crippen LogP contribution >= 0.6 is 0 Å². The molecule has 0 spiro atoms. The minimum absolute atomic E-state index is 0.945. The highest BCUT2D eigenvalue weighted by Crippen LogP contribution is 2.43. The van der Waals surface area contributed by atoms with Crippen LogP contribution in [0.4, 0.5) is 0 Å². The third-order valence-electron chi connectivity index (χ3n) is 9.70. The second kappa shape index (κ2) is 10.5. The molecule has 0 aliphatic carbocycles. The van der Waals surface area contributed by atoms with Gasteiger partial charge in [-0.05, 0) is 87.6 Å². The van der Waals surface area contributed by atoms with E-state index >= 15 is 0 Å². The standard InChI is InChI=1S/C45H29N3/c1-3-11-32(12-4-1)45-46-39-18-7-8-19-40(39)48(45)36-24-21-30(22-25-36)33-14-9-15-34(29-33)37-27-28-42-44-38(37)26-23-31-13-10-20-41(43(31)44)47(42)35-16-5-2-6-17-35/h1-29H. The van der Waals surface area contributed by atoms with Crippen LogP contribution in [0.15, 0.2) is 176 Å². The molecule has 0 radical (unpaired) electrons. The summed E-state index contributed by atoms with van der Waals surface area (Å²) >= 11 is 0. The molecule has 3 nitrogen and oxygen atoms in total. The first kappa shape index (κ1) is 26.7. The number of hydrogen-bond acceptors (Lipinski definition) is 1. The van der Waals surface area contributed by atoms with Crippen molar-refractivity contribution in [3.8, 4) is 45.0 Å². The molecule has 8 aromatic carbocycles. The molecule has 0 aliphatic rings. The second-order valence-corrected chi connectivity index (χ2v) is 12.4. The van der Waals surface area contributed by atoms with Crippen molar-refractivity contribution in [2.45, 2.75) is 0 Å². The predicted octanol–water partition coefficient (Wildman–Crippen LogP) is 11.7. The lowest BCUT2D eigenvalue weighted by Gasteiger charge is -2.13. The zero-order valence-electron chi connectivity index (χ0n) is 26.1. The molecule has 0 fully saturated rings. The summed E-state index contributed by atoms with van der Waals surface area (Å²) in [7, 11) is 0. The van der Waals surface area contributed by atoms with E-state index in [1.807, 2.05) is 12.1 Å². The Morgan fingerprint density at radius 1 is 0.375 bits per heavy atom. The highest BCUT2D eigenvalue weighted by molar-refractivity contribution is 6.26. The first-order chi connectivity index (χ1) is 23.8. The molecule has 0 saturated heterocycles. The number of imidazole rings is 1. The Labute approximate surface area is 277 Å². The average Bonchev–Trinajstić information content (AvgIpc) is 3.72. The fourth-order valence-corrected chi connectivity index (χ4v) is 7.53. The van der Waals surface area contributed by atoms with Crippen LogP contribution in [-0.4, -0.2) is 14.1 Å². The fraction of sp³-hybridized carbons (Fsp3) is 0. The van der Waals surface area contributed by atoms with Crippen LogP contribution in [0.25, 0.3) is 88.6 Å². The van der Waals surface area contributed by atoms with Crippen molar-refractivity contribution in [3.05, 3.63) is 176 Å². The van der Waals surface area contributed by atoms with Gasteiger partial charge in [-0.2, -0.15) is 0 Å². The highest BCUT2D eigenvalue weighted by atomic mass is 15.1. The molecule has 0 saturated carbocycles. The maximum Gasteiger partial charge on any atom is 0.145 e. The fourth-order valence-electron chi connectivity index (χ4n) is 7.53. The average molecular weight is 612 g/mol. The van der Waals surface area contributed by atoms with E-state index in [4.69, 9.17) is 4.98 Å². The SMILES string of the molecule is c1ccc(-c2nc3ccccc3n2-c2ccc(-c3cccc(-c4ccc5c6c4ccc4cccc(c46)n5-c4ccccc4)c3)cc2)cc1. The summed E-state index contributed by atoms with van der Waals surface area (Å²) in [6, 6.07) is 63.1. The number of para-hydroxylation sites is 3. The summed E-state index contributed by atoms with van der Waals surface area (Å²) in [5, 5.41) is 5.19. The lowest BCUT2D eigenvalue weighted by molar-refractivity contribution is 1.10. The molecule has 10 aromatic rings. The molecule has 0 N–H and O–H groups in total. The van der Waals surface area contributed by atoms with Gasteiger partial charge in [-0.15, -0.1) is 0 Å². The number of nitrogens with zero attached hydrogens (tertiary/aromatic N) is 3. The van der Waals surface area contributed by atoms with Gasteiger partial charge in [-0.25, -0.2) is 4.98 Å². The van der Waals surface area contributed by atoms with Crippen molar-refractivity contribution < 1.29 is 0 Å². The third kappa shape index (κ3) is 4.04. The normalized spacial score (nSPS) is 11.8. The van der Waals surface area contributed by atoms with Crippen LogP contribution < -0.4 is 0 Å². The lowest BCUT2D eigenvalue weighted by atomic mass is 9.93. The Hall–Kier alpha value is -6.45. The van der Waals surface area contributed by atoms with Crippen molar-refractivity contribution in [2.75, 3.05) is 0 Å². The number of hydrogen-bond donors (Lipinski definition) is 0. The first-order valence-corrected chi connectivity index (χ1v) is 16.4. The summed E-state index contributed by atoms with van der Waals surface area (Å²) in [5.74, 6) is 0.945. The van der Waals surface area contributed by atoms with Crippen LogP contribution in [-0.2, 0) is 0 Å². The summed E-state index contributed by atoms with van der Waals surface area (Å²) in [6.45, 7) is 0. The molecule has 2 heterocycles. The highest BCUT2D eigenvalue weighted by Gasteiger charge is 2.19. The second-order valence-electron chi connectivity index (χ2n) is 12.4. The third-order valence-corrected chi connectivity index (χ3v) is 9.70. The van der Waals surface area contributed by atoms with E-state index in [0.717, 1.165) is 28.1 Å². The van der Waals surface area contributed by atoms with E-state index in [1.54, 1.807) is 0 Å². The van der Waals surface area contributed by atoms with Gasteiger partial charge in [0.25, 0.3) is 0 Å². The molecule has 224 valence electrons. The maximum atomic E-state index is 5.02. The molecule has 10 rings (SSSR count). The Balaban J connectivity index is 1.08. The minimum atomic E-state index is 0.945. The Morgan fingerprint density at radius 3 is 1.90 bits per heavy atom. The van der Waals surface area contributed by atoms with Gasteiger partial charge in [0.15, 0.2) is 0 Å². The topological polar surface area (TPSA) is 22.8 Å². The van der Waals surface area contributed by atoms with Crippen molar-refractivity contribution in [1.82, 2.24) is 14.1 Å². The van der Waals surface area contributed by atoms with Crippen molar-refractivity contribution >= 4 is 43.6 Å². The summed E-state index contributed by atoms with van der Waals surface area (Å²) in [4.78, 5) is 5.02.